The number of sulfonamides is 1. The largest absolute Gasteiger partial charge is 0.257 e. The Balaban J connectivity index is 2.04. The van der Waals surface area contributed by atoms with Crippen molar-refractivity contribution in [1.82, 2.24) is 10.2 Å². The minimum absolute atomic E-state index is 0.207. The number of halogens is 2. The Hall–Kier alpha value is -0.540. The molecule has 0 aliphatic rings. The molecule has 0 saturated heterocycles. The summed E-state index contributed by atoms with van der Waals surface area (Å²) >= 11 is 14.5. The Bertz CT molecular complexity index is 750. The second kappa shape index (κ2) is 7.83. The van der Waals surface area contributed by atoms with Crippen molar-refractivity contribution in [3.63, 3.8) is 0 Å². The molecule has 0 unspecified atom stereocenters. The van der Waals surface area contributed by atoms with Crippen LogP contribution in [0.25, 0.3) is 0 Å². The van der Waals surface area contributed by atoms with E-state index in [1.165, 1.54) is 17.4 Å². The molecule has 1 aromatic heterocycles. The molecule has 2 rings (SSSR count). The van der Waals surface area contributed by atoms with Crippen LogP contribution in [0.4, 0.5) is 5.13 Å². The van der Waals surface area contributed by atoms with E-state index in [1.807, 2.05) is 0 Å². The first kappa shape index (κ1) is 17.8. The summed E-state index contributed by atoms with van der Waals surface area (Å²) in [6, 6.07) is 4.72. The molecule has 1 heterocycles. The van der Waals surface area contributed by atoms with Crippen LogP contribution in [-0.2, 0) is 15.8 Å². The lowest BCUT2D eigenvalue weighted by atomic mass is 10.2. The van der Waals surface area contributed by atoms with Crippen molar-refractivity contribution >= 4 is 61.5 Å². The summed E-state index contributed by atoms with van der Waals surface area (Å²) in [5.74, 6) is 0.714. The van der Waals surface area contributed by atoms with E-state index in [-0.39, 0.29) is 10.9 Å². The number of benzene rings is 1. The average Bonchev–Trinajstić information content (AvgIpc) is 2.87. The van der Waals surface area contributed by atoms with Gasteiger partial charge < -0.3 is 0 Å². The summed E-state index contributed by atoms with van der Waals surface area (Å²) in [5.41, 5.74) is 0.548. The molecule has 120 valence electrons. The highest BCUT2D eigenvalue weighted by molar-refractivity contribution is 8.01. The lowest BCUT2D eigenvalue weighted by molar-refractivity contribution is 0.600. The highest BCUT2D eigenvalue weighted by Gasteiger charge is 2.15. The van der Waals surface area contributed by atoms with Crippen LogP contribution in [-0.4, -0.2) is 24.4 Å². The molecule has 0 aliphatic heterocycles. The van der Waals surface area contributed by atoms with Gasteiger partial charge in [-0.15, -0.1) is 10.2 Å². The van der Waals surface area contributed by atoms with Crippen molar-refractivity contribution in [2.75, 3.05) is 10.5 Å². The summed E-state index contributed by atoms with van der Waals surface area (Å²) < 4.78 is 27.4. The molecule has 0 bridgehead atoms. The van der Waals surface area contributed by atoms with Crippen LogP contribution in [0.2, 0.25) is 10.0 Å². The molecule has 0 radical (unpaired) electrons. The Morgan fingerprint density at radius 1 is 1.27 bits per heavy atom. The number of hydrogen-bond acceptors (Lipinski definition) is 6. The number of hydrogen-bond donors (Lipinski definition) is 1. The van der Waals surface area contributed by atoms with Gasteiger partial charge in [0.15, 0.2) is 4.34 Å². The van der Waals surface area contributed by atoms with Crippen molar-refractivity contribution in [1.29, 1.82) is 0 Å². The first-order valence-corrected chi connectivity index (χ1v) is 10.5. The smallest absolute Gasteiger partial charge is 0.238 e. The van der Waals surface area contributed by atoms with E-state index in [9.17, 15) is 8.42 Å². The summed E-state index contributed by atoms with van der Waals surface area (Å²) in [6.07, 6.45) is 1.02. The second-order valence-corrected chi connectivity index (χ2v) is 9.19. The summed E-state index contributed by atoms with van der Waals surface area (Å²) in [5, 5.41) is 8.75. The summed E-state index contributed by atoms with van der Waals surface area (Å²) in [6.45, 7) is 2.06. The first-order chi connectivity index (χ1) is 10.4. The Kier molecular flexibility index (Phi) is 6.34. The van der Waals surface area contributed by atoms with Gasteiger partial charge >= 0.3 is 0 Å². The molecule has 0 saturated carbocycles. The van der Waals surface area contributed by atoms with Crippen molar-refractivity contribution in [2.45, 2.75) is 23.4 Å². The number of anilines is 1. The van der Waals surface area contributed by atoms with Crippen molar-refractivity contribution in [3.8, 4) is 0 Å². The van der Waals surface area contributed by atoms with Gasteiger partial charge in [0.2, 0.25) is 15.2 Å². The molecular weight excluding hydrogens is 385 g/mol. The molecule has 1 aromatic carbocycles. The highest BCUT2D eigenvalue weighted by atomic mass is 35.5. The molecule has 2 aromatic rings. The maximum Gasteiger partial charge on any atom is 0.238 e. The van der Waals surface area contributed by atoms with Crippen molar-refractivity contribution < 1.29 is 8.42 Å². The molecule has 0 aliphatic carbocycles. The van der Waals surface area contributed by atoms with E-state index in [0.717, 1.165) is 16.5 Å². The molecule has 0 amide bonds. The van der Waals surface area contributed by atoms with E-state index in [2.05, 4.69) is 21.8 Å². The lowest BCUT2D eigenvalue weighted by Crippen LogP contribution is -2.14. The number of rotatable bonds is 7. The standard InChI is InChI=1S/C12H13Cl2N3O2S3/c1-2-5-20-12-16-15-11(21-12)17-22(18,19)7-8-3-4-9(13)10(14)6-8/h3-4,6H,2,5,7H2,1H3,(H,15,17). The minimum Gasteiger partial charge on any atom is -0.257 e. The fraction of sp³-hybridized carbons (Fsp3) is 0.333. The molecule has 1 N–H and O–H groups in total. The fourth-order valence-electron chi connectivity index (χ4n) is 1.52. The number of aromatic nitrogens is 2. The fourth-order valence-corrected chi connectivity index (χ4v) is 4.91. The normalized spacial score (nSPS) is 11.6. The van der Waals surface area contributed by atoms with Crippen molar-refractivity contribution in [2.24, 2.45) is 0 Å². The van der Waals surface area contributed by atoms with Gasteiger partial charge in [0, 0.05) is 5.75 Å². The topological polar surface area (TPSA) is 72.0 Å². The van der Waals surface area contributed by atoms with Gasteiger partial charge in [-0.25, -0.2) is 8.42 Å². The van der Waals surface area contributed by atoms with E-state index < -0.39 is 10.0 Å². The van der Waals surface area contributed by atoms with Crippen LogP contribution < -0.4 is 4.72 Å². The van der Waals surface area contributed by atoms with Gasteiger partial charge in [0.25, 0.3) is 0 Å². The van der Waals surface area contributed by atoms with Gasteiger partial charge in [0.05, 0.1) is 15.8 Å². The molecule has 0 spiro atoms. The highest BCUT2D eigenvalue weighted by Crippen LogP contribution is 2.27. The zero-order valence-corrected chi connectivity index (χ0v) is 15.5. The van der Waals surface area contributed by atoms with E-state index in [4.69, 9.17) is 23.2 Å². The van der Waals surface area contributed by atoms with E-state index in [1.54, 1.807) is 23.9 Å². The van der Waals surface area contributed by atoms with E-state index in [0.29, 0.717) is 15.6 Å². The molecule has 0 fully saturated rings. The Morgan fingerprint density at radius 3 is 2.73 bits per heavy atom. The van der Waals surface area contributed by atoms with Gasteiger partial charge in [0.1, 0.15) is 0 Å². The lowest BCUT2D eigenvalue weighted by Gasteiger charge is -2.05. The van der Waals surface area contributed by atoms with Gasteiger partial charge in [-0.3, -0.25) is 4.72 Å². The van der Waals surface area contributed by atoms with Crippen LogP contribution >= 0.6 is 46.3 Å². The zero-order valence-electron chi connectivity index (χ0n) is 11.5. The Morgan fingerprint density at radius 2 is 2.05 bits per heavy atom. The van der Waals surface area contributed by atoms with Crippen LogP contribution in [0.15, 0.2) is 22.5 Å². The summed E-state index contributed by atoms with van der Waals surface area (Å²) in [7, 11) is -3.58. The van der Waals surface area contributed by atoms with Gasteiger partial charge in [-0.1, -0.05) is 59.3 Å². The molecule has 10 heteroatoms. The quantitative estimate of drug-likeness (QED) is 0.705. The minimum atomic E-state index is -3.58. The number of thioether (sulfide) groups is 1. The van der Waals surface area contributed by atoms with Crippen LogP contribution in [0.1, 0.15) is 18.9 Å². The third-order valence-corrected chi connectivity index (χ3v) is 6.68. The average molecular weight is 398 g/mol. The van der Waals surface area contributed by atoms with Crippen LogP contribution in [0, 0.1) is 0 Å². The number of nitrogens with one attached hydrogen (secondary N) is 1. The molecule has 5 nitrogen and oxygen atoms in total. The third kappa shape index (κ3) is 5.27. The van der Waals surface area contributed by atoms with E-state index >= 15 is 0 Å². The molecular formula is C12H13Cl2N3O2S3. The predicted molar refractivity (Wildman–Crippen MR) is 93.6 cm³/mol. The second-order valence-electron chi connectivity index (χ2n) is 4.33. The zero-order chi connectivity index (χ0) is 16.2. The maximum absolute atomic E-state index is 12.1. The van der Waals surface area contributed by atoms with Crippen LogP contribution in [0.5, 0.6) is 0 Å². The predicted octanol–water partition coefficient (Wildman–Crippen LogP) is 4.29. The monoisotopic (exact) mass is 397 g/mol. The maximum atomic E-state index is 12.1. The summed E-state index contributed by atoms with van der Waals surface area (Å²) in [4.78, 5) is 0. The first-order valence-electron chi connectivity index (χ1n) is 6.30. The third-order valence-electron chi connectivity index (χ3n) is 2.42. The van der Waals surface area contributed by atoms with Crippen molar-refractivity contribution in [3.05, 3.63) is 33.8 Å². The molecule has 22 heavy (non-hydrogen) atoms. The van der Waals surface area contributed by atoms with Crippen LogP contribution in [0.3, 0.4) is 0 Å². The van der Waals surface area contributed by atoms with Gasteiger partial charge in [-0.2, -0.15) is 0 Å². The Labute approximate surface area is 147 Å². The SMILES string of the molecule is CCCSc1nnc(NS(=O)(=O)Cc2ccc(Cl)c(Cl)c2)s1. The van der Waals surface area contributed by atoms with Gasteiger partial charge in [-0.05, 0) is 24.1 Å². The molecule has 0 atom stereocenters. The number of nitrogens with zero attached hydrogens (tertiary/aromatic N) is 2.